The van der Waals surface area contributed by atoms with Gasteiger partial charge in [0, 0.05) is 34.2 Å². The van der Waals surface area contributed by atoms with Crippen LogP contribution in [-0.4, -0.2) is 87.6 Å². The zero-order valence-electron chi connectivity index (χ0n) is 20.2. The van der Waals surface area contributed by atoms with Gasteiger partial charge in [0.25, 0.3) is 0 Å². The molecule has 0 amide bonds. The first-order valence-electron chi connectivity index (χ1n) is 11.1. The molecular weight excluding hydrogens is 346 g/mol. The zero-order chi connectivity index (χ0) is 21.1. The van der Waals surface area contributed by atoms with Gasteiger partial charge in [-0.05, 0) is 95.2 Å². The van der Waals surface area contributed by atoms with Crippen LogP contribution in [0.4, 0.5) is 0 Å². The fraction of sp³-hybridized carbons (Fsp3) is 0.957. The Morgan fingerprint density at radius 2 is 1.07 bits per heavy atom. The Bertz CT molecular complexity index is 570. The summed E-state index contributed by atoms with van der Waals surface area (Å²) in [6.07, 6.45) is 6.94. The average molecular weight is 392 g/mol. The fourth-order valence-corrected chi connectivity index (χ4v) is 6.11. The van der Waals surface area contributed by atoms with E-state index in [0.717, 1.165) is 13.3 Å². The van der Waals surface area contributed by atoms with Gasteiger partial charge in [-0.3, -0.25) is 19.7 Å². The fourth-order valence-electron chi connectivity index (χ4n) is 6.11. The molecule has 0 N–H and O–H groups in total. The molecule has 2 saturated heterocycles. The Morgan fingerprint density at radius 1 is 0.679 bits per heavy atom. The topological polar surface area (TPSA) is 25.3 Å². The molecule has 162 valence electrons. The first-order chi connectivity index (χ1) is 12.7. The molecule has 3 aliphatic rings. The van der Waals surface area contributed by atoms with Crippen LogP contribution in [-0.2, 0) is 0 Å². The van der Waals surface area contributed by atoms with E-state index < -0.39 is 0 Å². The minimum Gasteiger partial charge on any atom is -0.347 e. The summed E-state index contributed by atoms with van der Waals surface area (Å²) in [6, 6.07) is 1.15. The lowest BCUT2D eigenvalue weighted by molar-refractivity contribution is -0.0699. The van der Waals surface area contributed by atoms with Gasteiger partial charge < -0.3 is 4.90 Å². The van der Waals surface area contributed by atoms with Crippen LogP contribution >= 0.6 is 0 Å². The summed E-state index contributed by atoms with van der Waals surface area (Å²) in [7, 11) is 4.58. The molecule has 0 unspecified atom stereocenters. The second kappa shape index (κ2) is 6.95. The summed E-state index contributed by atoms with van der Waals surface area (Å²) in [5.74, 6) is 0. The van der Waals surface area contributed by atoms with Crippen molar-refractivity contribution >= 4 is 6.34 Å². The molecule has 0 saturated carbocycles. The van der Waals surface area contributed by atoms with Gasteiger partial charge in [0.15, 0.2) is 0 Å². The Hall–Kier alpha value is -0.650. The van der Waals surface area contributed by atoms with Crippen molar-refractivity contribution in [1.29, 1.82) is 0 Å². The summed E-state index contributed by atoms with van der Waals surface area (Å²) in [5, 5.41) is 0. The van der Waals surface area contributed by atoms with Crippen molar-refractivity contribution in [1.82, 2.24) is 19.6 Å². The Labute approximate surface area is 174 Å². The SMILES string of the molecule is CN1C(C)(C)CC(N2C=NCN(C3CC(C)(C)N(C)C(C)(C)C3)C2)CC1(C)C. The maximum absolute atomic E-state index is 4.82. The predicted octanol–water partition coefficient (Wildman–Crippen LogP) is 3.85. The van der Waals surface area contributed by atoms with Gasteiger partial charge >= 0.3 is 0 Å². The zero-order valence-corrected chi connectivity index (χ0v) is 20.2. The van der Waals surface area contributed by atoms with Crippen LogP contribution in [0.3, 0.4) is 0 Å². The van der Waals surface area contributed by atoms with Gasteiger partial charge in [0.1, 0.15) is 0 Å². The van der Waals surface area contributed by atoms with Crippen molar-refractivity contribution in [3.8, 4) is 0 Å². The van der Waals surface area contributed by atoms with Crippen LogP contribution in [0.1, 0.15) is 81.1 Å². The Morgan fingerprint density at radius 3 is 1.50 bits per heavy atom. The lowest BCUT2D eigenvalue weighted by atomic mass is 9.76. The third kappa shape index (κ3) is 3.99. The van der Waals surface area contributed by atoms with E-state index in [4.69, 9.17) is 4.99 Å². The van der Waals surface area contributed by atoms with Crippen molar-refractivity contribution < 1.29 is 0 Å². The lowest BCUT2D eigenvalue weighted by Crippen LogP contribution is -2.66. The minimum atomic E-state index is 0.208. The number of piperidine rings is 2. The number of likely N-dealkylation sites (tertiary alicyclic amines) is 2. The van der Waals surface area contributed by atoms with E-state index in [2.05, 4.69) is 95.4 Å². The van der Waals surface area contributed by atoms with Crippen LogP contribution in [0.2, 0.25) is 0 Å². The Kier molecular flexibility index (Phi) is 5.47. The van der Waals surface area contributed by atoms with Gasteiger partial charge in [-0.2, -0.15) is 0 Å². The number of hydrogen-bond donors (Lipinski definition) is 0. The number of rotatable bonds is 2. The maximum atomic E-state index is 4.82. The second-order valence-electron chi connectivity index (χ2n) is 12.2. The number of hydrogen-bond acceptors (Lipinski definition) is 5. The first-order valence-corrected chi connectivity index (χ1v) is 11.1. The van der Waals surface area contributed by atoms with E-state index in [-0.39, 0.29) is 22.2 Å². The summed E-state index contributed by atoms with van der Waals surface area (Å²) < 4.78 is 0. The highest BCUT2D eigenvalue weighted by Crippen LogP contribution is 2.41. The van der Waals surface area contributed by atoms with Gasteiger partial charge in [0.2, 0.25) is 0 Å². The monoisotopic (exact) mass is 391 g/mol. The number of aliphatic imine (C=N–C) groups is 1. The molecule has 0 aliphatic carbocycles. The van der Waals surface area contributed by atoms with Crippen molar-refractivity contribution in [2.75, 3.05) is 27.4 Å². The molecule has 5 nitrogen and oxygen atoms in total. The van der Waals surface area contributed by atoms with Crippen molar-refractivity contribution in [2.24, 2.45) is 4.99 Å². The minimum absolute atomic E-state index is 0.208. The Balaban J connectivity index is 1.74. The van der Waals surface area contributed by atoms with Crippen LogP contribution in [0.15, 0.2) is 4.99 Å². The van der Waals surface area contributed by atoms with E-state index in [1.807, 2.05) is 0 Å². The molecular formula is C23H45N5. The van der Waals surface area contributed by atoms with Crippen molar-refractivity contribution in [3.05, 3.63) is 0 Å². The van der Waals surface area contributed by atoms with Crippen LogP contribution < -0.4 is 0 Å². The standard InChI is InChI=1S/C23H45N5/c1-20(2)11-18(12-21(3,4)25(20)9)27-15-24-16-28(17-27)19-13-22(5,6)26(10)23(7,8)14-19/h15,18-19H,11-14,16-17H2,1-10H3. The maximum Gasteiger partial charge on any atom is 0.0943 e. The molecule has 0 atom stereocenters. The molecule has 0 aromatic carbocycles. The number of nitrogens with zero attached hydrogens (tertiary/aromatic N) is 5. The molecule has 0 radical (unpaired) electrons. The van der Waals surface area contributed by atoms with Gasteiger partial charge in [0.05, 0.1) is 19.7 Å². The molecule has 0 aromatic rings. The van der Waals surface area contributed by atoms with Crippen LogP contribution in [0, 0.1) is 0 Å². The third-order valence-electron chi connectivity index (χ3n) is 8.40. The third-order valence-corrected chi connectivity index (χ3v) is 8.40. The predicted molar refractivity (Wildman–Crippen MR) is 120 cm³/mol. The van der Waals surface area contributed by atoms with E-state index in [1.165, 1.54) is 25.7 Å². The van der Waals surface area contributed by atoms with Gasteiger partial charge in [-0.1, -0.05) is 0 Å². The lowest BCUT2D eigenvalue weighted by Gasteiger charge is -2.58. The van der Waals surface area contributed by atoms with Gasteiger partial charge in [-0.25, -0.2) is 0 Å². The molecule has 0 bridgehead atoms. The highest BCUT2D eigenvalue weighted by Gasteiger charge is 2.47. The molecule has 3 heterocycles. The van der Waals surface area contributed by atoms with E-state index in [0.29, 0.717) is 12.1 Å². The quantitative estimate of drug-likeness (QED) is 0.714. The molecule has 28 heavy (non-hydrogen) atoms. The second-order valence-corrected chi connectivity index (χ2v) is 12.2. The van der Waals surface area contributed by atoms with Crippen LogP contribution in [0.5, 0.6) is 0 Å². The van der Waals surface area contributed by atoms with E-state index >= 15 is 0 Å². The molecule has 3 rings (SSSR count). The van der Waals surface area contributed by atoms with Crippen LogP contribution in [0.25, 0.3) is 0 Å². The van der Waals surface area contributed by atoms with Gasteiger partial charge in [-0.15, -0.1) is 0 Å². The normalized spacial score (nSPS) is 32.0. The summed E-state index contributed by atoms with van der Waals surface area (Å²) in [6.45, 7) is 21.0. The molecule has 2 fully saturated rings. The molecule has 0 spiro atoms. The summed E-state index contributed by atoms with van der Waals surface area (Å²) in [5.41, 5.74) is 0.853. The largest absolute Gasteiger partial charge is 0.347 e. The highest BCUT2D eigenvalue weighted by atomic mass is 15.4. The van der Waals surface area contributed by atoms with Crippen molar-refractivity contribution in [3.63, 3.8) is 0 Å². The molecule has 3 aliphatic heterocycles. The molecule has 0 aromatic heterocycles. The molecule has 5 heteroatoms. The highest BCUT2D eigenvalue weighted by molar-refractivity contribution is 5.56. The first kappa shape index (κ1) is 22.0. The van der Waals surface area contributed by atoms with E-state index in [9.17, 15) is 0 Å². The summed E-state index contributed by atoms with van der Waals surface area (Å²) in [4.78, 5) is 15.1. The average Bonchev–Trinajstić information content (AvgIpc) is 2.56. The smallest absolute Gasteiger partial charge is 0.0943 e. The summed E-state index contributed by atoms with van der Waals surface area (Å²) >= 11 is 0. The van der Waals surface area contributed by atoms with Crippen molar-refractivity contribution in [2.45, 2.75) is 115 Å². The van der Waals surface area contributed by atoms with E-state index in [1.54, 1.807) is 0 Å².